The standard InChI is InChI=1S/C11H19N3O/c1-9-3-10(2)5-15-6-11(4-9)14-8-12-7-13-14/h7-11H,3-6H2,1-2H3. The number of hydrogen-bond donors (Lipinski definition) is 0. The van der Waals surface area contributed by atoms with Gasteiger partial charge in [0.15, 0.2) is 0 Å². The molecule has 0 aliphatic carbocycles. The van der Waals surface area contributed by atoms with E-state index < -0.39 is 0 Å². The van der Waals surface area contributed by atoms with Crippen LogP contribution in [0.3, 0.4) is 0 Å². The molecule has 0 aromatic carbocycles. The van der Waals surface area contributed by atoms with E-state index in [9.17, 15) is 0 Å². The lowest BCUT2D eigenvalue weighted by Crippen LogP contribution is -2.24. The van der Waals surface area contributed by atoms with Crippen LogP contribution >= 0.6 is 0 Å². The molecule has 0 spiro atoms. The normalized spacial score (nSPS) is 33.3. The maximum absolute atomic E-state index is 5.68. The lowest BCUT2D eigenvalue weighted by Gasteiger charge is -2.27. The summed E-state index contributed by atoms with van der Waals surface area (Å²) in [5.74, 6) is 1.41. The molecule has 3 unspecified atom stereocenters. The molecule has 1 saturated heterocycles. The summed E-state index contributed by atoms with van der Waals surface area (Å²) < 4.78 is 7.61. The smallest absolute Gasteiger partial charge is 0.137 e. The van der Waals surface area contributed by atoms with Crippen LogP contribution in [0, 0.1) is 11.8 Å². The maximum atomic E-state index is 5.68. The Balaban J connectivity index is 2.01. The number of hydrogen-bond acceptors (Lipinski definition) is 3. The molecule has 0 amide bonds. The highest BCUT2D eigenvalue weighted by molar-refractivity contribution is 4.74. The minimum absolute atomic E-state index is 0.356. The van der Waals surface area contributed by atoms with Gasteiger partial charge in [-0.3, -0.25) is 0 Å². The van der Waals surface area contributed by atoms with Gasteiger partial charge in [0, 0.05) is 6.61 Å². The van der Waals surface area contributed by atoms with Gasteiger partial charge < -0.3 is 4.74 Å². The molecule has 1 aromatic rings. The summed E-state index contributed by atoms with van der Waals surface area (Å²) in [7, 11) is 0. The van der Waals surface area contributed by atoms with E-state index in [-0.39, 0.29) is 0 Å². The topological polar surface area (TPSA) is 39.9 Å². The second-order valence-electron chi connectivity index (χ2n) is 4.75. The Hall–Kier alpha value is -0.900. The fraction of sp³-hybridized carbons (Fsp3) is 0.818. The van der Waals surface area contributed by atoms with Crippen molar-refractivity contribution < 1.29 is 4.74 Å². The Kier molecular flexibility index (Phi) is 3.36. The molecule has 4 nitrogen and oxygen atoms in total. The Bertz CT molecular complexity index is 286. The van der Waals surface area contributed by atoms with Crippen molar-refractivity contribution in [3.05, 3.63) is 12.7 Å². The van der Waals surface area contributed by atoms with Gasteiger partial charge in [-0.1, -0.05) is 13.8 Å². The van der Waals surface area contributed by atoms with Crippen LogP contribution in [0.25, 0.3) is 0 Å². The molecule has 2 rings (SSSR count). The van der Waals surface area contributed by atoms with Gasteiger partial charge in [0.25, 0.3) is 0 Å². The second-order valence-corrected chi connectivity index (χ2v) is 4.75. The summed E-state index contributed by atoms with van der Waals surface area (Å²) in [6.07, 6.45) is 5.75. The largest absolute Gasteiger partial charge is 0.379 e. The molecule has 0 N–H and O–H groups in total. The van der Waals surface area contributed by atoms with Crippen LogP contribution < -0.4 is 0 Å². The van der Waals surface area contributed by atoms with Crippen LogP contribution in [-0.4, -0.2) is 28.0 Å². The summed E-state index contributed by atoms with van der Waals surface area (Å²) in [6, 6.07) is 0.356. The van der Waals surface area contributed by atoms with Crippen molar-refractivity contribution in [2.24, 2.45) is 11.8 Å². The van der Waals surface area contributed by atoms with Gasteiger partial charge >= 0.3 is 0 Å². The lowest BCUT2D eigenvalue weighted by atomic mass is 9.91. The minimum Gasteiger partial charge on any atom is -0.379 e. The fourth-order valence-electron chi connectivity index (χ4n) is 2.38. The third-order valence-corrected chi connectivity index (χ3v) is 3.00. The summed E-state index contributed by atoms with van der Waals surface area (Å²) >= 11 is 0. The van der Waals surface area contributed by atoms with E-state index in [2.05, 4.69) is 23.9 Å². The first-order chi connectivity index (χ1) is 7.25. The molecule has 1 fully saturated rings. The van der Waals surface area contributed by atoms with E-state index in [0.717, 1.165) is 25.6 Å². The van der Waals surface area contributed by atoms with Crippen molar-refractivity contribution in [2.45, 2.75) is 32.7 Å². The van der Waals surface area contributed by atoms with Crippen molar-refractivity contribution in [3.63, 3.8) is 0 Å². The molecular weight excluding hydrogens is 190 g/mol. The molecule has 1 aromatic heterocycles. The quantitative estimate of drug-likeness (QED) is 0.709. The van der Waals surface area contributed by atoms with Crippen molar-refractivity contribution in [1.29, 1.82) is 0 Å². The average molecular weight is 209 g/mol. The van der Waals surface area contributed by atoms with Crippen LogP contribution in [-0.2, 0) is 4.74 Å². The average Bonchev–Trinajstić information content (AvgIpc) is 2.65. The summed E-state index contributed by atoms with van der Waals surface area (Å²) in [5, 5.41) is 4.19. The molecular formula is C11H19N3O. The number of aromatic nitrogens is 3. The molecule has 84 valence electrons. The fourth-order valence-corrected chi connectivity index (χ4v) is 2.38. The zero-order valence-electron chi connectivity index (χ0n) is 9.47. The highest BCUT2D eigenvalue weighted by Crippen LogP contribution is 2.25. The number of nitrogens with zero attached hydrogens (tertiary/aromatic N) is 3. The summed E-state index contributed by atoms with van der Waals surface area (Å²) in [4.78, 5) is 3.99. The minimum atomic E-state index is 0.356. The lowest BCUT2D eigenvalue weighted by molar-refractivity contribution is 0.0433. The van der Waals surface area contributed by atoms with Crippen LogP contribution in [0.4, 0.5) is 0 Å². The van der Waals surface area contributed by atoms with Gasteiger partial charge in [-0.05, 0) is 24.7 Å². The number of rotatable bonds is 1. The molecule has 1 aliphatic heterocycles. The van der Waals surface area contributed by atoms with Crippen molar-refractivity contribution in [1.82, 2.24) is 14.8 Å². The first-order valence-corrected chi connectivity index (χ1v) is 5.67. The molecule has 2 heterocycles. The zero-order chi connectivity index (χ0) is 10.7. The number of ether oxygens (including phenoxy) is 1. The van der Waals surface area contributed by atoms with E-state index in [1.165, 1.54) is 6.42 Å². The van der Waals surface area contributed by atoms with E-state index in [0.29, 0.717) is 12.0 Å². The predicted octanol–water partition coefficient (Wildman–Crippen LogP) is 1.90. The van der Waals surface area contributed by atoms with Crippen molar-refractivity contribution >= 4 is 0 Å². The molecule has 1 aliphatic rings. The monoisotopic (exact) mass is 209 g/mol. The van der Waals surface area contributed by atoms with Gasteiger partial charge in [0.1, 0.15) is 12.7 Å². The predicted molar refractivity (Wildman–Crippen MR) is 57.4 cm³/mol. The Morgan fingerprint density at radius 1 is 1.20 bits per heavy atom. The van der Waals surface area contributed by atoms with Crippen molar-refractivity contribution in [3.8, 4) is 0 Å². The van der Waals surface area contributed by atoms with Crippen LogP contribution in [0.15, 0.2) is 12.7 Å². The van der Waals surface area contributed by atoms with Gasteiger partial charge in [-0.25, -0.2) is 9.67 Å². The van der Waals surface area contributed by atoms with Crippen LogP contribution in [0.1, 0.15) is 32.7 Å². The molecule has 4 heteroatoms. The Morgan fingerprint density at radius 2 is 2.07 bits per heavy atom. The maximum Gasteiger partial charge on any atom is 0.137 e. The molecule has 3 atom stereocenters. The summed E-state index contributed by atoms with van der Waals surface area (Å²) in [6.45, 7) is 6.20. The second kappa shape index (κ2) is 4.75. The van der Waals surface area contributed by atoms with Gasteiger partial charge in [0.05, 0.1) is 12.6 Å². The van der Waals surface area contributed by atoms with Crippen LogP contribution in [0.5, 0.6) is 0 Å². The molecule has 0 radical (unpaired) electrons. The third-order valence-electron chi connectivity index (χ3n) is 3.00. The molecule has 0 bridgehead atoms. The van der Waals surface area contributed by atoms with Gasteiger partial charge in [-0.15, -0.1) is 0 Å². The van der Waals surface area contributed by atoms with Crippen LogP contribution in [0.2, 0.25) is 0 Å². The van der Waals surface area contributed by atoms with E-state index in [4.69, 9.17) is 4.74 Å². The highest BCUT2D eigenvalue weighted by atomic mass is 16.5. The van der Waals surface area contributed by atoms with Gasteiger partial charge in [0.2, 0.25) is 0 Å². The highest BCUT2D eigenvalue weighted by Gasteiger charge is 2.21. The third kappa shape index (κ3) is 2.78. The molecule has 15 heavy (non-hydrogen) atoms. The van der Waals surface area contributed by atoms with E-state index in [1.807, 2.05) is 4.68 Å². The first-order valence-electron chi connectivity index (χ1n) is 5.67. The summed E-state index contributed by atoms with van der Waals surface area (Å²) in [5.41, 5.74) is 0. The van der Waals surface area contributed by atoms with Crippen molar-refractivity contribution in [2.75, 3.05) is 13.2 Å². The molecule has 0 saturated carbocycles. The first kappa shape index (κ1) is 10.6. The Labute approximate surface area is 90.7 Å². The van der Waals surface area contributed by atoms with E-state index >= 15 is 0 Å². The van der Waals surface area contributed by atoms with Gasteiger partial charge in [-0.2, -0.15) is 5.10 Å². The Morgan fingerprint density at radius 3 is 2.80 bits per heavy atom. The zero-order valence-corrected chi connectivity index (χ0v) is 9.47. The SMILES string of the molecule is CC1COCC(n2cncn2)CC(C)C1. The van der Waals surface area contributed by atoms with E-state index in [1.54, 1.807) is 12.7 Å².